The van der Waals surface area contributed by atoms with Crippen molar-refractivity contribution < 1.29 is 46.1 Å². The summed E-state index contributed by atoms with van der Waals surface area (Å²) in [5, 5.41) is 29.8. The molecule has 3 saturated carbocycles. The van der Waals surface area contributed by atoms with Crippen LogP contribution >= 0.6 is 0 Å². The molecule has 0 radical (unpaired) electrons. The van der Waals surface area contributed by atoms with Crippen molar-refractivity contribution in [3.05, 3.63) is 35.5 Å². The van der Waals surface area contributed by atoms with Crippen molar-refractivity contribution >= 4 is 0 Å². The molecule has 0 amide bonds. The number of alkyl halides is 7. The molecule has 0 aromatic carbocycles. The van der Waals surface area contributed by atoms with Crippen LogP contribution in [0.15, 0.2) is 35.5 Å². The van der Waals surface area contributed by atoms with E-state index in [4.69, 9.17) is 0 Å². The summed E-state index contributed by atoms with van der Waals surface area (Å²) in [5.41, 5.74) is -4.65. The van der Waals surface area contributed by atoms with Gasteiger partial charge in [0.2, 0.25) is 5.85 Å². The van der Waals surface area contributed by atoms with Crippen LogP contribution in [-0.4, -0.2) is 44.7 Å². The summed E-state index contributed by atoms with van der Waals surface area (Å²) >= 11 is 0. The van der Waals surface area contributed by atoms with E-state index in [2.05, 4.69) is 19.4 Å². The van der Waals surface area contributed by atoms with Crippen molar-refractivity contribution in [2.24, 2.45) is 22.7 Å². The number of halogens is 7. The van der Waals surface area contributed by atoms with E-state index in [1.54, 1.807) is 13.8 Å². The quantitative estimate of drug-likeness (QED) is 0.197. The standard InChI is InChI=1S/C33H45F7O3/c1-22-14-20-30(34,42)21-24(22)11-10-23-9-6-18-29(5)25(23)12-13-26(29)28(4,16-7-15-27(2,3)41)17-8-19-31(43,32(35,36)37)33(38,39)40/h10-11,25-26,41-43H,1,6-7,9,12-18,20-21H2,2-5H3/t25?,26-,28-,29+,30+/m1/s1. The molecule has 10 heteroatoms. The van der Waals surface area contributed by atoms with Gasteiger partial charge in [0.05, 0.1) is 5.60 Å². The van der Waals surface area contributed by atoms with Gasteiger partial charge in [-0.05, 0) is 99.4 Å². The third-order valence-corrected chi connectivity index (χ3v) is 10.1. The minimum Gasteiger partial charge on any atom is -0.390 e. The van der Waals surface area contributed by atoms with Crippen LogP contribution in [0.4, 0.5) is 30.7 Å². The summed E-state index contributed by atoms with van der Waals surface area (Å²) in [6, 6.07) is 0. The molecule has 0 spiro atoms. The number of rotatable bonds is 7. The van der Waals surface area contributed by atoms with E-state index in [1.165, 1.54) is 0 Å². The van der Waals surface area contributed by atoms with Crippen molar-refractivity contribution in [3.8, 4) is 11.8 Å². The Balaban J connectivity index is 1.95. The van der Waals surface area contributed by atoms with E-state index in [1.807, 2.05) is 19.1 Å². The molecule has 3 aliphatic rings. The highest BCUT2D eigenvalue weighted by atomic mass is 19.4. The predicted molar refractivity (Wildman–Crippen MR) is 151 cm³/mol. The van der Waals surface area contributed by atoms with Gasteiger partial charge in [0.15, 0.2) is 0 Å². The smallest absolute Gasteiger partial charge is 0.390 e. The van der Waals surface area contributed by atoms with Gasteiger partial charge in [-0.1, -0.05) is 56.1 Å². The fraction of sp³-hybridized carbons (Fsp3) is 0.758. The van der Waals surface area contributed by atoms with Crippen LogP contribution in [0, 0.1) is 34.5 Å². The molecule has 3 aliphatic carbocycles. The highest BCUT2D eigenvalue weighted by Gasteiger charge is 2.70. The number of hydrogen-bond acceptors (Lipinski definition) is 3. The first kappa shape index (κ1) is 35.6. The second-order valence-corrected chi connectivity index (χ2v) is 14.2. The van der Waals surface area contributed by atoms with Crippen LogP contribution in [0.1, 0.15) is 105 Å². The average Bonchev–Trinajstić information content (AvgIpc) is 3.20. The third-order valence-electron chi connectivity index (χ3n) is 10.1. The summed E-state index contributed by atoms with van der Waals surface area (Å²) in [6.07, 6.45) is -3.07. The van der Waals surface area contributed by atoms with Gasteiger partial charge in [-0.2, -0.15) is 26.3 Å². The molecule has 0 aromatic heterocycles. The minimum absolute atomic E-state index is 0.000399. The summed E-state index contributed by atoms with van der Waals surface area (Å²) in [4.78, 5) is 0. The normalized spacial score (nSPS) is 32.4. The molecule has 0 heterocycles. The molecule has 244 valence electrons. The Bertz CT molecular complexity index is 1150. The molecule has 0 saturated heterocycles. The number of hydrogen-bond donors (Lipinski definition) is 3. The summed E-state index contributed by atoms with van der Waals surface area (Å²) in [7, 11) is 0. The summed E-state index contributed by atoms with van der Waals surface area (Å²) in [6.45, 7) is 11.3. The molecule has 3 rings (SSSR count). The van der Waals surface area contributed by atoms with Gasteiger partial charge in [0.25, 0.3) is 0 Å². The van der Waals surface area contributed by atoms with Crippen LogP contribution < -0.4 is 0 Å². The molecule has 3 nitrogen and oxygen atoms in total. The molecular weight excluding hydrogens is 577 g/mol. The van der Waals surface area contributed by atoms with Crippen molar-refractivity contribution in [2.75, 3.05) is 0 Å². The third kappa shape index (κ3) is 7.88. The Kier molecular flexibility index (Phi) is 10.1. The highest BCUT2D eigenvalue weighted by molar-refractivity contribution is 5.37. The van der Waals surface area contributed by atoms with Gasteiger partial charge in [-0.3, -0.25) is 0 Å². The Morgan fingerprint density at radius 2 is 1.58 bits per heavy atom. The molecule has 0 aromatic rings. The van der Waals surface area contributed by atoms with Crippen LogP contribution in [0.5, 0.6) is 0 Å². The van der Waals surface area contributed by atoms with E-state index >= 15 is 0 Å². The molecule has 0 aliphatic heterocycles. The lowest BCUT2D eigenvalue weighted by Gasteiger charge is -2.49. The van der Waals surface area contributed by atoms with Crippen LogP contribution in [0.3, 0.4) is 0 Å². The Labute approximate surface area is 250 Å². The fourth-order valence-electron chi connectivity index (χ4n) is 7.76. The van der Waals surface area contributed by atoms with Gasteiger partial charge in [-0.15, -0.1) is 0 Å². The van der Waals surface area contributed by atoms with E-state index in [0.717, 1.165) is 42.7 Å². The van der Waals surface area contributed by atoms with Gasteiger partial charge in [0, 0.05) is 19.3 Å². The van der Waals surface area contributed by atoms with E-state index in [-0.39, 0.29) is 36.5 Å². The first-order valence-electron chi connectivity index (χ1n) is 15.0. The lowest BCUT2D eigenvalue weighted by Crippen LogP contribution is -2.55. The molecule has 43 heavy (non-hydrogen) atoms. The molecule has 5 atom stereocenters. The predicted octanol–water partition coefficient (Wildman–Crippen LogP) is 8.65. The van der Waals surface area contributed by atoms with E-state index in [0.29, 0.717) is 37.7 Å². The second kappa shape index (κ2) is 12.2. The largest absolute Gasteiger partial charge is 0.438 e. The average molecular weight is 623 g/mol. The van der Waals surface area contributed by atoms with E-state index in [9.17, 15) is 46.1 Å². The molecular formula is C33H45F7O3. The Hall–Kier alpha value is -1.83. The monoisotopic (exact) mass is 622 g/mol. The highest BCUT2D eigenvalue weighted by Crippen LogP contribution is 2.63. The number of allylic oxidation sites excluding steroid dienone is 4. The first-order valence-corrected chi connectivity index (χ1v) is 15.0. The maximum absolute atomic E-state index is 14.3. The SMILES string of the molecule is C=C1CC[C@@](O)(F)CC1=CC=C1CCC[C@@]2(C)C1CC[C@@H]2[C@@](C)(CC#CC(O)(C(F)(F)F)C(F)(F)F)CCCC(C)(C)O. The maximum atomic E-state index is 14.3. The van der Waals surface area contributed by atoms with Crippen LogP contribution in [0.2, 0.25) is 0 Å². The summed E-state index contributed by atoms with van der Waals surface area (Å²) < 4.78 is 94.1. The van der Waals surface area contributed by atoms with Gasteiger partial charge >= 0.3 is 18.0 Å². The number of fused-ring (bicyclic) bond motifs is 1. The fourth-order valence-corrected chi connectivity index (χ4v) is 7.76. The number of aliphatic hydroxyl groups is 3. The Morgan fingerprint density at radius 3 is 2.16 bits per heavy atom. The zero-order chi connectivity index (χ0) is 32.7. The summed E-state index contributed by atoms with van der Waals surface area (Å²) in [5.74, 6) is 0.997. The Morgan fingerprint density at radius 1 is 0.953 bits per heavy atom. The van der Waals surface area contributed by atoms with Crippen LogP contribution in [-0.2, 0) is 0 Å². The molecule has 3 N–H and O–H groups in total. The topological polar surface area (TPSA) is 60.7 Å². The van der Waals surface area contributed by atoms with Crippen molar-refractivity contribution in [1.29, 1.82) is 0 Å². The second-order valence-electron chi connectivity index (χ2n) is 14.2. The van der Waals surface area contributed by atoms with Crippen molar-refractivity contribution in [1.82, 2.24) is 0 Å². The molecule has 1 unspecified atom stereocenters. The molecule has 3 fully saturated rings. The lowest BCUT2D eigenvalue weighted by atomic mass is 9.55. The van der Waals surface area contributed by atoms with Crippen LogP contribution in [0.25, 0.3) is 0 Å². The van der Waals surface area contributed by atoms with Gasteiger partial charge < -0.3 is 15.3 Å². The first-order chi connectivity index (χ1) is 19.4. The van der Waals surface area contributed by atoms with Crippen molar-refractivity contribution in [2.45, 2.75) is 134 Å². The zero-order valence-corrected chi connectivity index (χ0v) is 25.5. The van der Waals surface area contributed by atoms with Gasteiger partial charge in [0.1, 0.15) is 0 Å². The van der Waals surface area contributed by atoms with Crippen molar-refractivity contribution in [3.63, 3.8) is 0 Å². The lowest BCUT2D eigenvalue weighted by molar-refractivity contribution is -0.343. The maximum Gasteiger partial charge on any atom is 0.438 e. The minimum atomic E-state index is -6.01. The van der Waals surface area contributed by atoms with E-state index < -0.39 is 34.8 Å². The van der Waals surface area contributed by atoms with Gasteiger partial charge in [-0.25, -0.2) is 4.39 Å². The molecule has 0 bridgehead atoms. The zero-order valence-electron chi connectivity index (χ0n) is 25.5.